The Labute approximate surface area is 389 Å². The van der Waals surface area contributed by atoms with Crippen LogP contribution in [0.1, 0.15) is 99.3 Å². The molecule has 0 aromatic rings. The average molecular weight is 945 g/mol. The normalized spacial score (nSPS) is 54.6. The first-order chi connectivity index (χ1) is 31.3. The summed E-state index contributed by atoms with van der Waals surface area (Å²) in [5.41, 5.74) is -1.38. The Morgan fingerprint density at radius 2 is 1.26 bits per heavy atom. The van der Waals surface area contributed by atoms with E-state index >= 15 is 0 Å². The molecule has 0 unspecified atom stereocenters. The van der Waals surface area contributed by atoms with Gasteiger partial charge in [0.2, 0.25) is 0 Å². The fourth-order valence-electron chi connectivity index (χ4n) is 13.9. The van der Waals surface area contributed by atoms with Gasteiger partial charge in [0, 0.05) is 39.6 Å². The van der Waals surface area contributed by atoms with E-state index in [2.05, 4.69) is 26.0 Å². The second-order valence-corrected chi connectivity index (χ2v) is 21.4. The highest BCUT2D eigenvalue weighted by molar-refractivity contribution is 5.21. The number of rotatable bonds is 13. The van der Waals surface area contributed by atoms with Crippen LogP contribution in [0.25, 0.3) is 0 Å². The van der Waals surface area contributed by atoms with Gasteiger partial charge in [0.25, 0.3) is 0 Å². The molecule has 0 radical (unpaired) electrons. The molecule has 0 bridgehead atoms. The number of allylic oxidation sites excluding steroid dienone is 2. The minimum atomic E-state index is -1.58. The zero-order chi connectivity index (χ0) is 47.6. The highest BCUT2D eigenvalue weighted by Crippen LogP contribution is 2.67. The monoisotopic (exact) mass is 945 g/mol. The van der Waals surface area contributed by atoms with Gasteiger partial charge in [-0.25, -0.2) is 0 Å². The van der Waals surface area contributed by atoms with Crippen molar-refractivity contribution in [3.63, 3.8) is 0 Å². The zero-order valence-corrected chi connectivity index (χ0v) is 40.2. The van der Waals surface area contributed by atoms with Crippen molar-refractivity contribution < 1.29 is 87.9 Å². The number of fused-ring (bicyclic) bond motifs is 5. The molecule has 8 rings (SSSR count). The second-order valence-electron chi connectivity index (χ2n) is 21.4. The summed E-state index contributed by atoms with van der Waals surface area (Å²) in [5, 5.41) is 75.0. The Hall–Kier alpha value is -0.980. The molecule has 4 aliphatic heterocycles. The fraction of sp³-hybridized carbons (Fsp3) is 0.958. The van der Waals surface area contributed by atoms with Crippen LogP contribution >= 0.6 is 0 Å². The van der Waals surface area contributed by atoms with Crippen LogP contribution in [-0.2, 0) is 52.1 Å². The maximum atomic E-state index is 12.8. The van der Waals surface area contributed by atoms with Gasteiger partial charge < -0.3 is 87.9 Å². The third kappa shape index (κ3) is 9.12. The molecule has 7 fully saturated rings. The van der Waals surface area contributed by atoms with Crippen molar-refractivity contribution in [1.82, 2.24) is 0 Å². The van der Waals surface area contributed by atoms with E-state index in [1.165, 1.54) is 14.2 Å². The van der Waals surface area contributed by atoms with Crippen LogP contribution in [0, 0.1) is 34.5 Å². The third-order valence-corrected chi connectivity index (χ3v) is 18.0. The van der Waals surface area contributed by atoms with E-state index in [0.717, 1.165) is 38.5 Å². The largest absolute Gasteiger partial charge is 0.394 e. The Morgan fingerprint density at radius 1 is 0.621 bits per heavy atom. The number of ether oxygens (including phenoxy) is 11. The quantitative estimate of drug-likeness (QED) is 0.130. The average Bonchev–Trinajstić information content (AvgIpc) is 3.58. The molecule has 4 aliphatic carbocycles. The molecule has 18 heteroatoms. The first-order valence-corrected chi connectivity index (χ1v) is 24.6. The molecule has 7 N–H and O–H groups in total. The van der Waals surface area contributed by atoms with Gasteiger partial charge in [0.05, 0.1) is 54.9 Å². The molecule has 4 saturated heterocycles. The maximum Gasteiger partial charge on any atom is 0.187 e. The highest BCUT2D eigenvalue weighted by atomic mass is 16.8. The molecule has 0 spiro atoms. The van der Waals surface area contributed by atoms with Crippen LogP contribution in [0.5, 0.6) is 0 Å². The molecule has 18 nitrogen and oxygen atoms in total. The van der Waals surface area contributed by atoms with Gasteiger partial charge in [-0.05, 0) is 102 Å². The van der Waals surface area contributed by atoms with Crippen LogP contribution < -0.4 is 0 Å². The second kappa shape index (κ2) is 20.3. The van der Waals surface area contributed by atoms with Gasteiger partial charge in [-0.1, -0.05) is 26.0 Å². The Balaban J connectivity index is 0.861. The molecular formula is C48H80O18. The number of hydrogen-bond acceptors (Lipinski definition) is 18. The topological polar surface area (TPSA) is 243 Å². The molecule has 0 aromatic carbocycles. The molecule has 380 valence electrons. The number of methoxy groups -OCH3 is 3. The van der Waals surface area contributed by atoms with Crippen molar-refractivity contribution in [3.8, 4) is 0 Å². The van der Waals surface area contributed by atoms with Crippen LogP contribution in [0.15, 0.2) is 12.2 Å². The van der Waals surface area contributed by atoms with Crippen LogP contribution in [0.3, 0.4) is 0 Å². The van der Waals surface area contributed by atoms with E-state index in [4.69, 9.17) is 52.1 Å². The van der Waals surface area contributed by atoms with Crippen molar-refractivity contribution >= 4 is 0 Å². The summed E-state index contributed by atoms with van der Waals surface area (Å²) in [6, 6.07) is 0. The predicted molar refractivity (Wildman–Crippen MR) is 232 cm³/mol. The lowest BCUT2D eigenvalue weighted by molar-refractivity contribution is -0.354. The van der Waals surface area contributed by atoms with Crippen LogP contribution in [0.4, 0.5) is 0 Å². The summed E-state index contributed by atoms with van der Waals surface area (Å²) >= 11 is 0. The van der Waals surface area contributed by atoms with Crippen molar-refractivity contribution in [3.05, 3.63) is 12.2 Å². The van der Waals surface area contributed by atoms with Gasteiger partial charge in [-0.2, -0.15) is 0 Å². The number of aliphatic hydroxyl groups is 7. The van der Waals surface area contributed by atoms with E-state index in [0.29, 0.717) is 30.6 Å². The van der Waals surface area contributed by atoms with Gasteiger partial charge in [0.15, 0.2) is 25.2 Å². The van der Waals surface area contributed by atoms with Crippen molar-refractivity contribution in [2.75, 3.05) is 27.9 Å². The molecule has 4 heterocycles. The summed E-state index contributed by atoms with van der Waals surface area (Å²) < 4.78 is 67.3. The Bertz CT molecular complexity index is 1640. The fourth-order valence-corrected chi connectivity index (χ4v) is 13.9. The minimum absolute atomic E-state index is 0.0720. The van der Waals surface area contributed by atoms with Gasteiger partial charge in [0.1, 0.15) is 54.9 Å². The highest BCUT2D eigenvalue weighted by Gasteiger charge is 2.66. The van der Waals surface area contributed by atoms with E-state index in [9.17, 15) is 35.7 Å². The summed E-state index contributed by atoms with van der Waals surface area (Å²) in [5.74, 6) is 1.39. The Morgan fingerprint density at radius 3 is 1.92 bits per heavy atom. The minimum Gasteiger partial charge on any atom is -0.394 e. The SMILES string of the molecule is CO[C@H]1[C@@H](O)[C@@H](C)O[C@@H](O[C@H]2CC[C@@]3(C)[C@@H](C=C[C@@H]4[C@@H]3CC[C@@]3(C)[C@H]4CC[C@]3(O)[C@H](C)O[C@H]3C[C@H](OC)[C@@H](O[C@H]4C[C@@H](OC)[C@@H](O[C@@H]5O[C@H](CO)[C@@H](O)[C@H](O)[C@H]5O)[C@@H](C)O4)[C@@H](C)O3)C2)[C@@H]1O. The number of hydrogen-bond donors (Lipinski definition) is 7. The standard InChI is InChI=1S/C48H80O18/c1-22-36(50)43(58-9)40(54)45(61-22)63-27-12-15-46(5)26(18-27)10-11-28-29(46)13-16-47(6)30(28)14-17-48(47,55)25(4)62-34-19-31(56-7)41(23(2)59-34)65-35-20-32(57-8)42(24(3)60-35)66-44-39(53)38(52)37(51)33(21-49)64-44/h10-11,22-45,49-55H,12-21H2,1-9H3/t22-,23-,24-,25+,26+,27+,28-,29+,30+,31+,32-,33-,34+,35+,36+,37-,38+,39-,40-,41+,42+,43+,44+,45+,46+,47+,48+/m1/s1. The Kier molecular flexibility index (Phi) is 15.8. The predicted octanol–water partition coefficient (Wildman–Crippen LogP) is 1.68. The lowest BCUT2D eigenvalue weighted by atomic mass is 9.46. The zero-order valence-electron chi connectivity index (χ0n) is 40.2. The molecule has 0 aromatic heterocycles. The molecule has 66 heavy (non-hydrogen) atoms. The van der Waals surface area contributed by atoms with Crippen molar-refractivity contribution in [1.29, 1.82) is 0 Å². The maximum absolute atomic E-state index is 12.8. The smallest absolute Gasteiger partial charge is 0.187 e. The summed E-state index contributed by atoms with van der Waals surface area (Å²) in [4.78, 5) is 0. The summed E-state index contributed by atoms with van der Waals surface area (Å²) in [6.45, 7) is 11.6. The lowest BCUT2D eigenvalue weighted by Gasteiger charge is -2.60. The summed E-state index contributed by atoms with van der Waals surface area (Å²) in [7, 11) is 4.64. The van der Waals surface area contributed by atoms with Crippen molar-refractivity contribution in [2.45, 2.75) is 228 Å². The van der Waals surface area contributed by atoms with Crippen molar-refractivity contribution in [2.24, 2.45) is 34.5 Å². The van der Waals surface area contributed by atoms with E-state index in [-0.39, 0.29) is 29.3 Å². The van der Waals surface area contributed by atoms with Crippen LogP contribution in [0.2, 0.25) is 0 Å². The van der Waals surface area contributed by atoms with E-state index in [1.807, 2.05) is 13.8 Å². The molecular weight excluding hydrogens is 865 g/mol. The van der Waals surface area contributed by atoms with Gasteiger partial charge in [-0.3, -0.25) is 0 Å². The van der Waals surface area contributed by atoms with Crippen LogP contribution in [-0.4, -0.2) is 192 Å². The first kappa shape index (κ1) is 51.4. The molecule has 3 saturated carbocycles. The molecule has 0 amide bonds. The third-order valence-electron chi connectivity index (χ3n) is 18.0. The molecule has 8 aliphatic rings. The lowest BCUT2D eigenvalue weighted by Crippen LogP contribution is -2.62. The van der Waals surface area contributed by atoms with Gasteiger partial charge in [-0.15, -0.1) is 0 Å². The number of aliphatic hydroxyl groups excluding tert-OH is 6. The van der Waals surface area contributed by atoms with Gasteiger partial charge >= 0.3 is 0 Å². The summed E-state index contributed by atoms with van der Waals surface area (Å²) in [6.07, 6.45) is -5.16. The van der Waals surface area contributed by atoms with E-state index < -0.39 is 129 Å². The van der Waals surface area contributed by atoms with E-state index in [1.54, 1.807) is 21.0 Å². The first-order valence-electron chi connectivity index (χ1n) is 24.6. The molecule has 27 atom stereocenters.